The van der Waals surface area contributed by atoms with Crippen molar-refractivity contribution in [1.82, 2.24) is 4.98 Å². The van der Waals surface area contributed by atoms with E-state index in [4.69, 9.17) is 9.47 Å². The van der Waals surface area contributed by atoms with Gasteiger partial charge in [-0.25, -0.2) is 0 Å². The van der Waals surface area contributed by atoms with Crippen molar-refractivity contribution in [2.24, 2.45) is 0 Å². The molecule has 0 aliphatic rings. The smallest absolute Gasteiger partial charge is 0.311 e. The lowest BCUT2D eigenvalue weighted by molar-refractivity contribution is -0.148. The molecule has 0 bridgehead atoms. The van der Waals surface area contributed by atoms with Crippen molar-refractivity contribution < 1.29 is 19.1 Å². The summed E-state index contributed by atoms with van der Waals surface area (Å²) in [5, 5.41) is 0. The normalized spacial score (nSPS) is 12.0. The number of hydrogen-bond acceptors (Lipinski definition) is 5. The van der Waals surface area contributed by atoms with E-state index in [0.29, 0.717) is 25.0 Å². The Hall–Kier alpha value is -2.95. The Kier molecular flexibility index (Phi) is 12.7. The number of carbonyl (C=O) groups is 2. The van der Waals surface area contributed by atoms with Crippen LogP contribution < -0.4 is 4.74 Å². The van der Waals surface area contributed by atoms with Gasteiger partial charge in [0.15, 0.2) is 0 Å². The van der Waals surface area contributed by atoms with Gasteiger partial charge in [-0.3, -0.25) is 14.6 Å². The SMILES string of the molecule is CCCCCC/C=C/CCC(=O)Oc1ccc(-c2ccc(CCC(C)OC(=O)CC)cc2)nc1. The number of benzene rings is 1. The number of nitrogens with zero attached hydrogens (tertiary/aromatic N) is 1. The fraction of sp³-hybridized carbons (Fsp3) is 0.483. The lowest BCUT2D eigenvalue weighted by Gasteiger charge is -2.12. The molecule has 1 unspecified atom stereocenters. The summed E-state index contributed by atoms with van der Waals surface area (Å²) in [6, 6.07) is 11.8. The summed E-state index contributed by atoms with van der Waals surface area (Å²) >= 11 is 0. The van der Waals surface area contributed by atoms with Crippen LogP contribution in [0.3, 0.4) is 0 Å². The maximum atomic E-state index is 12.1. The number of rotatable bonds is 15. The Bertz CT molecular complexity index is 887. The molecule has 5 nitrogen and oxygen atoms in total. The number of ether oxygens (including phenoxy) is 2. The molecule has 0 spiro atoms. The molecular formula is C29H39NO4. The molecule has 0 saturated carbocycles. The number of aromatic nitrogens is 1. The van der Waals surface area contributed by atoms with Gasteiger partial charge in [0, 0.05) is 18.4 Å². The monoisotopic (exact) mass is 465 g/mol. The van der Waals surface area contributed by atoms with E-state index in [0.717, 1.165) is 30.5 Å². The first-order valence-corrected chi connectivity index (χ1v) is 12.6. The third-order valence-corrected chi connectivity index (χ3v) is 5.58. The van der Waals surface area contributed by atoms with Crippen LogP contribution in [0.15, 0.2) is 54.7 Å². The van der Waals surface area contributed by atoms with Gasteiger partial charge in [0.25, 0.3) is 0 Å². The van der Waals surface area contributed by atoms with Crippen LogP contribution in [0, 0.1) is 0 Å². The van der Waals surface area contributed by atoms with Crippen LogP contribution in [0.2, 0.25) is 0 Å². The van der Waals surface area contributed by atoms with Gasteiger partial charge in [-0.1, -0.05) is 69.5 Å². The lowest BCUT2D eigenvalue weighted by atomic mass is 10.0. The van der Waals surface area contributed by atoms with E-state index in [-0.39, 0.29) is 18.0 Å². The molecule has 5 heteroatoms. The summed E-state index contributed by atoms with van der Waals surface area (Å²) in [5.74, 6) is 0.0611. The van der Waals surface area contributed by atoms with Crippen LogP contribution >= 0.6 is 0 Å². The summed E-state index contributed by atoms with van der Waals surface area (Å²) in [5.41, 5.74) is 3.00. The lowest BCUT2D eigenvalue weighted by Crippen LogP contribution is -2.14. The van der Waals surface area contributed by atoms with Crippen LogP contribution in [0.25, 0.3) is 11.3 Å². The number of allylic oxidation sites excluding steroid dienone is 2. The maximum Gasteiger partial charge on any atom is 0.311 e. The van der Waals surface area contributed by atoms with E-state index in [1.807, 2.05) is 25.1 Å². The predicted octanol–water partition coefficient (Wildman–Crippen LogP) is 7.24. The van der Waals surface area contributed by atoms with Crippen LogP contribution in [0.4, 0.5) is 0 Å². The molecule has 0 amide bonds. The van der Waals surface area contributed by atoms with E-state index in [9.17, 15) is 9.59 Å². The zero-order valence-electron chi connectivity index (χ0n) is 20.9. The number of hydrogen-bond donors (Lipinski definition) is 0. The molecule has 1 aromatic carbocycles. The van der Waals surface area contributed by atoms with E-state index in [1.165, 1.54) is 31.2 Å². The van der Waals surface area contributed by atoms with E-state index < -0.39 is 0 Å². The second-order valence-corrected chi connectivity index (χ2v) is 8.60. The minimum absolute atomic E-state index is 0.0874. The fourth-order valence-corrected chi connectivity index (χ4v) is 3.50. The minimum Gasteiger partial charge on any atom is -0.463 e. The zero-order chi connectivity index (χ0) is 24.6. The van der Waals surface area contributed by atoms with E-state index >= 15 is 0 Å². The number of unbranched alkanes of at least 4 members (excludes halogenated alkanes) is 4. The van der Waals surface area contributed by atoms with Crippen molar-refractivity contribution in [3.63, 3.8) is 0 Å². The molecule has 34 heavy (non-hydrogen) atoms. The topological polar surface area (TPSA) is 65.5 Å². The highest BCUT2D eigenvalue weighted by Crippen LogP contribution is 2.21. The molecule has 0 N–H and O–H groups in total. The van der Waals surface area contributed by atoms with Gasteiger partial charge in [-0.05, 0) is 56.7 Å². The molecule has 0 fully saturated rings. The zero-order valence-corrected chi connectivity index (χ0v) is 20.9. The average molecular weight is 466 g/mol. The standard InChI is InChI=1S/C29H39NO4/c1-4-6-7-8-9-10-11-12-13-29(32)34-26-20-21-27(30-22-26)25-18-16-24(17-19-25)15-14-23(3)33-28(31)5-2/h10-11,16-23H,4-9,12-15H2,1-3H3/b11-10+. The van der Waals surface area contributed by atoms with Gasteiger partial charge in [0.1, 0.15) is 5.75 Å². The van der Waals surface area contributed by atoms with Crippen LogP contribution in [-0.4, -0.2) is 23.0 Å². The molecular weight excluding hydrogens is 426 g/mol. The number of esters is 2. The van der Waals surface area contributed by atoms with Gasteiger partial charge in [-0.15, -0.1) is 0 Å². The quantitative estimate of drug-likeness (QED) is 0.158. The predicted molar refractivity (Wildman–Crippen MR) is 137 cm³/mol. The second-order valence-electron chi connectivity index (χ2n) is 8.60. The van der Waals surface area contributed by atoms with Crippen molar-refractivity contribution >= 4 is 11.9 Å². The van der Waals surface area contributed by atoms with Gasteiger partial charge in [0.05, 0.1) is 18.0 Å². The molecule has 184 valence electrons. The fourth-order valence-electron chi connectivity index (χ4n) is 3.50. The van der Waals surface area contributed by atoms with Crippen LogP contribution in [-0.2, 0) is 20.7 Å². The van der Waals surface area contributed by atoms with Crippen LogP contribution in [0.5, 0.6) is 5.75 Å². The van der Waals surface area contributed by atoms with Crippen molar-refractivity contribution in [1.29, 1.82) is 0 Å². The van der Waals surface area contributed by atoms with Crippen LogP contribution in [0.1, 0.15) is 84.1 Å². The first-order valence-electron chi connectivity index (χ1n) is 12.6. The summed E-state index contributed by atoms with van der Waals surface area (Å²) in [6.07, 6.45) is 14.9. The molecule has 2 aromatic rings. The number of pyridine rings is 1. The first-order chi connectivity index (χ1) is 16.5. The van der Waals surface area contributed by atoms with Crippen molar-refractivity contribution in [3.05, 3.63) is 60.3 Å². The van der Waals surface area contributed by atoms with Crippen molar-refractivity contribution in [3.8, 4) is 17.0 Å². The molecule has 1 heterocycles. The molecule has 0 aliphatic carbocycles. The number of aryl methyl sites for hydroxylation is 1. The Morgan fingerprint density at radius 2 is 1.71 bits per heavy atom. The molecule has 1 atom stereocenters. The largest absolute Gasteiger partial charge is 0.463 e. The summed E-state index contributed by atoms with van der Waals surface area (Å²) in [7, 11) is 0. The highest BCUT2D eigenvalue weighted by atomic mass is 16.5. The molecule has 0 saturated heterocycles. The highest BCUT2D eigenvalue weighted by molar-refractivity contribution is 5.72. The molecule has 0 aliphatic heterocycles. The Labute approximate surface area is 204 Å². The summed E-state index contributed by atoms with van der Waals surface area (Å²) < 4.78 is 10.7. The van der Waals surface area contributed by atoms with Gasteiger partial charge in [-0.2, -0.15) is 0 Å². The third kappa shape index (κ3) is 10.8. The molecule has 0 radical (unpaired) electrons. The maximum absolute atomic E-state index is 12.1. The Balaban J connectivity index is 1.74. The molecule has 1 aromatic heterocycles. The van der Waals surface area contributed by atoms with Crippen molar-refractivity contribution in [2.75, 3.05) is 0 Å². The number of carbonyl (C=O) groups excluding carboxylic acids is 2. The Morgan fingerprint density at radius 3 is 2.38 bits per heavy atom. The Morgan fingerprint density at radius 1 is 0.941 bits per heavy atom. The highest BCUT2D eigenvalue weighted by Gasteiger charge is 2.09. The summed E-state index contributed by atoms with van der Waals surface area (Å²) in [6.45, 7) is 5.93. The van der Waals surface area contributed by atoms with Gasteiger partial charge < -0.3 is 9.47 Å². The summed E-state index contributed by atoms with van der Waals surface area (Å²) in [4.78, 5) is 27.9. The second kappa shape index (κ2) is 15.8. The van der Waals surface area contributed by atoms with E-state index in [2.05, 4.69) is 36.2 Å². The first kappa shape index (κ1) is 27.3. The molecule has 2 rings (SSSR count). The third-order valence-electron chi connectivity index (χ3n) is 5.58. The van der Waals surface area contributed by atoms with Gasteiger partial charge >= 0.3 is 11.9 Å². The van der Waals surface area contributed by atoms with E-state index in [1.54, 1.807) is 19.2 Å². The van der Waals surface area contributed by atoms with Crippen molar-refractivity contribution in [2.45, 2.75) is 91.1 Å². The van der Waals surface area contributed by atoms with Gasteiger partial charge in [0.2, 0.25) is 0 Å². The minimum atomic E-state index is -0.242. The average Bonchev–Trinajstić information content (AvgIpc) is 2.85.